The molecule has 6 rings (SSSR count). The third-order valence-electron chi connectivity index (χ3n) is 8.40. The van der Waals surface area contributed by atoms with Gasteiger partial charge in [0.1, 0.15) is 0 Å². The molecule has 1 spiro atoms. The summed E-state index contributed by atoms with van der Waals surface area (Å²) in [5.74, 6) is 0.512. The number of benzene rings is 3. The predicted molar refractivity (Wildman–Crippen MR) is 138 cm³/mol. The van der Waals surface area contributed by atoms with Gasteiger partial charge in [-0.1, -0.05) is 91.0 Å². The van der Waals surface area contributed by atoms with Gasteiger partial charge >= 0.3 is 0 Å². The van der Waals surface area contributed by atoms with Gasteiger partial charge in [0, 0.05) is 31.0 Å². The van der Waals surface area contributed by atoms with Crippen molar-refractivity contribution in [2.24, 2.45) is 5.92 Å². The van der Waals surface area contributed by atoms with E-state index in [0.29, 0.717) is 5.91 Å². The van der Waals surface area contributed by atoms with E-state index in [2.05, 4.69) is 108 Å². The van der Waals surface area contributed by atoms with E-state index < -0.39 is 0 Å². The van der Waals surface area contributed by atoms with E-state index in [0.717, 1.165) is 32.5 Å². The topological polar surface area (TPSA) is 32.3 Å². The van der Waals surface area contributed by atoms with Crippen molar-refractivity contribution in [2.75, 3.05) is 19.6 Å². The third kappa shape index (κ3) is 3.50. The monoisotopic (exact) mass is 448 g/mol. The van der Waals surface area contributed by atoms with E-state index in [1.165, 1.54) is 27.8 Å². The minimum Gasteiger partial charge on any atom is -0.335 e. The van der Waals surface area contributed by atoms with Crippen molar-refractivity contribution in [3.8, 4) is 0 Å². The second-order valence-electron chi connectivity index (χ2n) is 10.2. The van der Waals surface area contributed by atoms with Gasteiger partial charge in [-0.25, -0.2) is 0 Å². The number of hydrogen-bond donors (Lipinski definition) is 1. The average molecular weight is 449 g/mol. The number of amides is 1. The molecule has 1 aliphatic carbocycles. The molecule has 172 valence electrons. The molecule has 3 nitrogen and oxygen atoms in total. The standard InChI is InChI=1S/C31H32N2O/c1-22-9-5-7-13-25(22)26-20-32-21-27(26)30(34)33-18-17-31(16-15-23-10-6-8-14-28(23)31)19-29(33)24-11-3-2-4-12-24/h2-16,26-27,29,32H,17-21H2,1H3/t26-,27+,29?,31?/m0/s1. The van der Waals surface area contributed by atoms with Crippen LogP contribution in [-0.4, -0.2) is 30.4 Å². The lowest BCUT2D eigenvalue weighted by Crippen LogP contribution is -2.49. The van der Waals surface area contributed by atoms with Crippen molar-refractivity contribution in [1.29, 1.82) is 0 Å². The maximum Gasteiger partial charge on any atom is 0.228 e. The minimum atomic E-state index is -0.0206. The van der Waals surface area contributed by atoms with Crippen LogP contribution in [0.2, 0.25) is 0 Å². The molecule has 2 aliphatic heterocycles. The molecule has 3 heteroatoms. The van der Waals surface area contributed by atoms with Gasteiger partial charge in [-0.3, -0.25) is 4.79 Å². The quantitative estimate of drug-likeness (QED) is 0.563. The van der Waals surface area contributed by atoms with E-state index in [-0.39, 0.29) is 23.3 Å². The second kappa shape index (κ2) is 8.56. The minimum absolute atomic E-state index is 0.0111. The Kier molecular flexibility index (Phi) is 5.38. The van der Waals surface area contributed by atoms with Crippen LogP contribution in [0.25, 0.3) is 6.08 Å². The van der Waals surface area contributed by atoms with E-state index in [9.17, 15) is 4.79 Å². The summed E-state index contributed by atoms with van der Waals surface area (Å²) in [4.78, 5) is 16.4. The molecule has 2 heterocycles. The number of likely N-dealkylation sites (tertiary alicyclic amines) is 1. The Bertz CT molecular complexity index is 1230. The van der Waals surface area contributed by atoms with Crippen LogP contribution >= 0.6 is 0 Å². The van der Waals surface area contributed by atoms with Crippen molar-refractivity contribution in [3.05, 3.63) is 113 Å². The summed E-state index contributed by atoms with van der Waals surface area (Å²) < 4.78 is 0. The number of fused-ring (bicyclic) bond motifs is 2. The highest BCUT2D eigenvalue weighted by Crippen LogP contribution is 2.50. The molecule has 0 bridgehead atoms. The van der Waals surface area contributed by atoms with Gasteiger partial charge in [-0.05, 0) is 47.6 Å². The summed E-state index contributed by atoms with van der Waals surface area (Å²) >= 11 is 0. The van der Waals surface area contributed by atoms with Crippen LogP contribution in [0.1, 0.15) is 52.6 Å². The maximum atomic E-state index is 14.2. The molecule has 3 aliphatic rings. The van der Waals surface area contributed by atoms with Crippen molar-refractivity contribution >= 4 is 12.0 Å². The molecule has 0 aromatic heterocycles. The molecule has 0 saturated carbocycles. The molecule has 0 radical (unpaired) electrons. The lowest BCUT2D eigenvalue weighted by molar-refractivity contribution is -0.140. The van der Waals surface area contributed by atoms with E-state index in [1.54, 1.807) is 0 Å². The molecular formula is C31H32N2O. The summed E-state index contributed by atoms with van der Waals surface area (Å²) in [6, 6.07) is 28.1. The van der Waals surface area contributed by atoms with Gasteiger partial charge in [0.25, 0.3) is 0 Å². The van der Waals surface area contributed by atoms with Gasteiger partial charge in [0.2, 0.25) is 5.91 Å². The van der Waals surface area contributed by atoms with Gasteiger partial charge < -0.3 is 10.2 Å². The number of hydrogen-bond acceptors (Lipinski definition) is 2. The number of carbonyl (C=O) groups is 1. The molecule has 2 fully saturated rings. The fourth-order valence-corrected chi connectivity index (χ4v) is 6.58. The number of nitrogens with zero attached hydrogens (tertiary/aromatic N) is 1. The highest BCUT2D eigenvalue weighted by molar-refractivity contribution is 5.82. The van der Waals surface area contributed by atoms with Crippen LogP contribution in [0.4, 0.5) is 0 Å². The number of aryl methyl sites for hydroxylation is 1. The molecule has 1 N–H and O–H groups in total. The average Bonchev–Trinajstić information content (AvgIpc) is 3.50. The summed E-state index contributed by atoms with van der Waals surface area (Å²) in [5, 5.41) is 3.53. The van der Waals surface area contributed by atoms with E-state index >= 15 is 0 Å². The smallest absolute Gasteiger partial charge is 0.228 e. The third-order valence-corrected chi connectivity index (χ3v) is 8.40. The van der Waals surface area contributed by atoms with Crippen LogP contribution in [-0.2, 0) is 10.2 Å². The number of piperidine rings is 1. The highest BCUT2D eigenvalue weighted by atomic mass is 16.2. The molecular weight excluding hydrogens is 416 g/mol. The van der Waals surface area contributed by atoms with Crippen LogP contribution in [0.5, 0.6) is 0 Å². The largest absolute Gasteiger partial charge is 0.335 e. The molecule has 3 aromatic rings. The maximum absolute atomic E-state index is 14.2. The Morgan fingerprint density at radius 2 is 1.71 bits per heavy atom. The molecule has 1 amide bonds. The lowest BCUT2D eigenvalue weighted by atomic mass is 9.70. The predicted octanol–water partition coefficient (Wildman–Crippen LogP) is 5.63. The SMILES string of the molecule is Cc1ccccc1[C@@H]1CNC[C@H]1C(=O)N1CCC2(C=Cc3ccccc32)CC1c1ccccc1. The zero-order valence-electron chi connectivity index (χ0n) is 19.8. The number of nitrogens with one attached hydrogen (secondary N) is 1. The van der Waals surface area contributed by atoms with Crippen molar-refractivity contribution in [2.45, 2.75) is 37.1 Å². The Hall–Kier alpha value is -3.17. The normalized spacial score (nSPS) is 27.8. The summed E-state index contributed by atoms with van der Waals surface area (Å²) in [7, 11) is 0. The number of allylic oxidation sites excluding steroid dienone is 1. The molecule has 4 atom stereocenters. The van der Waals surface area contributed by atoms with Gasteiger partial charge in [0.15, 0.2) is 0 Å². The molecule has 2 saturated heterocycles. The second-order valence-corrected chi connectivity index (χ2v) is 10.2. The lowest BCUT2D eigenvalue weighted by Gasteiger charge is -2.46. The molecule has 2 unspecified atom stereocenters. The van der Waals surface area contributed by atoms with E-state index in [1.807, 2.05) is 0 Å². The summed E-state index contributed by atoms with van der Waals surface area (Å²) in [5.41, 5.74) is 6.59. The summed E-state index contributed by atoms with van der Waals surface area (Å²) in [6.07, 6.45) is 6.60. The van der Waals surface area contributed by atoms with Crippen molar-refractivity contribution < 1.29 is 4.79 Å². The van der Waals surface area contributed by atoms with Gasteiger partial charge in [-0.15, -0.1) is 0 Å². The first-order valence-electron chi connectivity index (χ1n) is 12.6. The first kappa shape index (κ1) is 21.4. The van der Waals surface area contributed by atoms with Gasteiger partial charge in [-0.2, -0.15) is 0 Å². The van der Waals surface area contributed by atoms with Gasteiger partial charge in [0.05, 0.1) is 12.0 Å². The zero-order chi connectivity index (χ0) is 23.1. The van der Waals surface area contributed by atoms with Crippen molar-refractivity contribution in [3.63, 3.8) is 0 Å². The van der Waals surface area contributed by atoms with Crippen LogP contribution in [0.3, 0.4) is 0 Å². The number of carbonyl (C=O) groups excluding carboxylic acids is 1. The Labute approximate surface area is 202 Å². The fourth-order valence-electron chi connectivity index (χ4n) is 6.58. The van der Waals surface area contributed by atoms with Crippen LogP contribution < -0.4 is 5.32 Å². The highest BCUT2D eigenvalue weighted by Gasteiger charge is 2.46. The molecule has 3 aromatic carbocycles. The Morgan fingerprint density at radius 3 is 2.56 bits per heavy atom. The van der Waals surface area contributed by atoms with E-state index in [4.69, 9.17) is 0 Å². The van der Waals surface area contributed by atoms with Crippen LogP contribution in [0.15, 0.2) is 84.9 Å². The Morgan fingerprint density at radius 1 is 0.941 bits per heavy atom. The number of rotatable bonds is 3. The zero-order valence-corrected chi connectivity index (χ0v) is 19.8. The first-order valence-corrected chi connectivity index (χ1v) is 12.6. The Balaban J connectivity index is 1.34. The van der Waals surface area contributed by atoms with Crippen molar-refractivity contribution in [1.82, 2.24) is 10.2 Å². The molecule has 34 heavy (non-hydrogen) atoms. The summed E-state index contributed by atoms with van der Waals surface area (Å²) in [6.45, 7) is 4.57. The van der Waals surface area contributed by atoms with Crippen LogP contribution in [0, 0.1) is 12.8 Å². The fraction of sp³-hybridized carbons (Fsp3) is 0.323. The first-order chi connectivity index (χ1) is 16.7.